The number of carbonyl (C=O) groups is 2. The Labute approximate surface area is 223 Å². The molecule has 1 aromatic carbocycles. The lowest BCUT2D eigenvalue weighted by Gasteiger charge is -2.37. The predicted molar refractivity (Wildman–Crippen MR) is 137 cm³/mol. The van der Waals surface area contributed by atoms with Crippen LogP contribution in [0.2, 0.25) is 5.02 Å². The molecule has 0 aliphatic carbocycles. The first-order chi connectivity index (χ1) is 17.7. The average Bonchev–Trinajstić information content (AvgIpc) is 3.40. The number of alkyl halides is 1. The van der Waals surface area contributed by atoms with E-state index in [1.807, 2.05) is 26.0 Å². The van der Waals surface area contributed by atoms with Crippen molar-refractivity contribution >= 4 is 35.0 Å². The highest BCUT2D eigenvalue weighted by Gasteiger charge is 2.49. The number of carbonyl (C=O) groups excluding carboxylic acids is 2. The van der Waals surface area contributed by atoms with Gasteiger partial charge in [-0.05, 0) is 30.0 Å². The summed E-state index contributed by atoms with van der Waals surface area (Å²) in [6, 6.07) is 6.08. The van der Waals surface area contributed by atoms with Crippen LogP contribution in [0.25, 0.3) is 5.69 Å². The highest BCUT2D eigenvalue weighted by molar-refractivity contribution is 6.30. The number of benzene rings is 1. The average molecular weight is 545 g/mol. The van der Waals surface area contributed by atoms with Gasteiger partial charge in [-0.25, -0.2) is 9.67 Å². The van der Waals surface area contributed by atoms with Crippen molar-refractivity contribution in [1.29, 1.82) is 0 Å². The summed E-state index contributed by atoms with van der Waals surface area (Å²) in [5, 5.41) is 7.84. The Morgan fingerprint density at radius 1 is 1.14 bits per heavy atom. The van der Waals surface area contributed by atoms with Crippen LogP contribution in [0, 0.1) is 0 Å². The molecule has 5 rings (SSSR count). The Hall–Kier alpha value is -3.37. The number of aromatic nitrogens is 4. The van der Waals surface area contributed by atoms with Crippen LogP contribution < -0.4 is 14.8 Å². The van der Waals surface area contributed by atoms with Crippen molar-refractivity contribution in [1.82, 2.24) is 30.0 Å². The molecule has 0 saturated carbocycles. The standard InChI is InChI=1S/C25H26Cl2N6O4/c1-12(2)20-18-19(31-33(20)17-11-29-25(37-4)30-23(17)36-3)24(35)32(16-9-15(27)10-28-22(16)34)21(18)13-5-7-14(26)8-6-13/h5-8,11-12,15-16,21H,9-10H2,1-4H3,(H,28,34)/t15?,16?,21-/m0/s1. The van der Waals surface area contributed by atoms with Crippen LogP contribution in [0.15, 0.2) is 30.5 Å². The van der Waals surface area contributed by atoms with Gasteiger partial charge in [0.05, 0.1) is 37.5 Å². The fourth-order valence-corrected chi connectivity index (χ4v) is 5.39. The van der Waals surface area contributed by atoms with Gasteiger partial charge >= 0.3 is 6.01 Å². The summed E-state index contributed by atoms with van der Waals surface area (Å²) < 4.78 is 12.3. The molecule has 37 heavy (non-hydrogen) atoms. The summed E-state index contributed by atoms with van der Waals surface area (Å²) in [7, 11) is 2.96. The maximum absolute atomic E-state index is 14.0. The Morgan fingerprint density at radius 2 is 1.86 bits per heavy atom. The number of amides is 2. The third kappa shape index (κ3) is 4.27. The minimum Gasteiger partial charge on any atom is -0.479 e. The highest BCUT2D eigenvalue weighted by atomic mass is 35.5. The summed E-state index contributed by atoms with van der Waals surface area (Å²) >= 11 is 12.6. The van der Waals surface area contributed by atoms with Crippen molar-refractivity contribution in [2.45, 2.75) is 43.6 Å². The minimum atomic E-state index is -0.744. The fraction of sp³-hybridized carbons (Fsp3) is 0.400. The number of ether oxygens (including phenoxy) is 2. The van der Waals surface area contributed by atoms with Gasteiger partial charge in [0.2, 0.25) is 11.8 Å². The normalized spacial score (nSPS) is 21.3. The van der Waals surface area contributed by atoms with Crippen molar-refractivity contribution in [3.8, 4) is 17.6 Å². The number of piperidine rings is 1. The lowest BCUT2D eigenvalue weighted by molar-refractivity contribution is -0.127. The van der Waals surface area contributed by atoms with Gasteiger partial charge in [-0.2, -0.15) is 10.1 Å². The van der Waals surface area contributed by atoms with E-state index >= 15 is 0 Å². The molecule has 2 aromatic heterocycles. The molecule has 2 amide bonds. The molecule has 3 atom stereocenters. The molecule has 2 aliphatic heterocycles. The SMILES string of the molecule is COc1ncc(-n2nc3c(c2C(C)C)[C@H](c2ccc(Cl)cc2)N(C2CC(Cl)CNC2=O)C3=O)c(OC)n1. The fourth-order valence-electron chi connectivity index (χ4n) is 5.02. The number of hydrogen-bond acceptors (Lipinski definition) is 7. The van der Waals surface area contributed by atoms with Crippen LogP contribution in [-0.2, 0) is 4.79 Å². The number of hydrogen-bond donors (Lipinski definition) is 1. The number of nitrogens with zero attached hydrogens (tertiary/aromatic N) is 5. The van der Waals surface area contributed by atoms with E-state index in [0.29, 0.717) is 29.2 Å². The van der Waals surface area contributed by atoms with Gasteiger partial charge < -0.3 is 19.7 Å². The highest BCUT2D eigenvalue weighted by Crippen LogP contribution is 2.45. The van der Waals surface area contributed by atoms with E-state index in [4.69, 9.17) is 37.8 Å². The molecule has 1 N–H and O–H groups in total. The summed E-state index contributed by atoms with van der Waals surface area (Å²) in [5.41, 5.74) is 3.01. The van der Waals surface area contributed by atoms with Crippen LogP contribution in [0.1, 0.15) is 59.5 Å². The van der Waals surface area contributed by atoms with Gasteiger partial charge in [0.15, 0.2) is 5.69 Å². The number of halogens is 2. The maximum atomic E-state index is 14.0. The van der Waals surface area contributed by atoms with Crippen molar-refractivity contribution in [2.24, 2.45) is 0 Å². The third-order valence-corrected chi connectivity index (χ3v) is 7.20. The van der Waals surface area contributed by atoms with Crippen LogP contribution in [0.3, 0.4) is 0 Å². The Kier molecular flexibility index (Phi) is 6.72. The Balaban J connectivity index is 1.73. The predicted octanol–water partition coefficient (Wildman–Crippen LogP) is 3.50. The van der Waals surface area contributed by atoms with E-state index in [9.17, 15) is 9.59 Å². The van der Waals surface area contributed by atoms with E-state index in [2.05, 4.69) is 15.3 Å². The van der Waals surface area contributed by atoms with Gasteiger partial charge in [-0.15, -0.1) is 11.6 Å². The molecular formula is C25H26Cl2N6O4. The molecular weight excluding hydrogens is 519 g/mol. The molecule has 4 heterocycles. The molecule has 10 nitrogen and oxygen atoms in total. The molecule has 0 radical (unpaired) electrons. The van der Waals surface area contributed by atoms with Crippen LogP contribution in [0.4, 0.5) is 0 Å². The second kappa shape index (κ2) is 9.83. The zero-order chi connectivity index (χ0) is 26.4. The molecule has 0 spiro atoms. The van der Waals surface area contributed by atoms with Gasteiger partial charge in [0, 0.05) is 17.1 Å². The lowest BCUT2D eigenvalue weighted by atomic mass is 9.93. The number of rotatable bonds is 6. The second-order valence-electron chi connectivity index (χ2n) is 9.23. The van der Waals surface area contributed by atoms with E-state index in [1.54, 1.807) is 27.9 Å². The first-order valence-corrected chi connectivity index (χ1v) is 12.6. The Morgan fingerprint density at radius 3 is 2.51 bits per heavy atom. The molecule has 194 valence electrons. The van der Waals surface area contributed by atoms with Crippen molar-refractivity contribution in [2.75, 3.05) is 20.8 Å². The van der Waals surface area contributed by atoms with Crippen molar-refractivity contribution in [3.05, 3.63) is 58.0 Å². The van der Waals surface area contributed by atoms with Crippen LogP contribution in [0.5, 0.6) is 11.9 Å². The quantitative estimate of drug-likeness (QED) is 0.472. The van der Waals surface area contributed by atoms with Crippen molar-refractivity contribution in [3.63, 3.8) is 0 Å². The molecule has 1 fully saturated rings. The summed E-state index contributed by atoms with van der Waals surface area (Å²) in [4.78, 5) is 37.1. The lowest BCUT2D eigenvalue weighted by Crippen LogP contribution is -2.55. The second-order valence-corrected chi connectivity index (χ2v) is 10.3. The van der Waals surface area contributed by atoms with Gasteiger partial charge in [-0.3, -0.25) is 9.59 Å². The van der Waals surface area contributed by atoms with E-state index in [-0.39, 0.29) is 40.7 Å². The Bertz CT molecular complexity index is 1360. The third-order valence-electron chi connectivity index (χ3n) is 6.61. The smallest absolute Gasteiger partial charge is 0.319 e. The summed E-state index contributed by atoms with van der Waals surface area (Å²) in [6.45, 7) is 4.38. The first kappa shape index (κ1) is 25.3. The molecule has 3 aromatic rings. The van der Waals surface area contributed by atoms with E-state index in [0.717, 1.165) is 11.3 Å². The summed E-state index contributed by atoms with van der Waals surface area (Å²) in [5.74, 6) is -0.404. The van der Waals surface area contributed by atoms with Crippen LogP contribution in [-0.4, -0.2) is 68.6 Å². The molecule has 1 saturated heterocycles. The zero-order valence-electron chi connectivity index (χ0n) is 20.7. The van der Waals surface area contributed by atoms with E-state index in [1.165, 1.54) is 14.2 Å². The molecule has 12 heteroatoms. The number of nitrogens with one attached hydrogen (secondary N) is 1. The maximum Gasteiger partial charge on any atom is 0.319 e. The monoisotopic (exact) mass is 544 g/mol. The molecule has 0 bridgehead atoms. The van der Waals surface area contributed by atoms with Gasteiger partial charge in [0.1, 0.15) is 11.7 Å². The molecule has 2 aliphatic rings. The van der Waals surface area contributed by atoms with Gasteiger partial charge in [0.25, 0.3) is 5.91 Å². The summed E-state index contributed by atoms with van der Waals surface area (Å²) in [6.07, 6.45) is 1.88. The van der Waals surface area contributed by atoms with Crippen molar-refractivity contribution < 1.29 is 19.1 Å². The number of methoxy groups -OCH3 is 2. The van der Waals surface area contributed by atoms with Gasteiger partial charge in [-0.1, -0.05) is 37.6 Å². The largest absolute Gasteiger partial charge is 0.479 e. The first-order valence-electron chi connectivity index (χ1n) is 11.8. The topological polar surface area (TPSA) is 111 Å². The number of fused-ring (bicyclic) bond motifs is 1. The molecule has 2 unspecified atom stereocenters. The van der Waals surface area contributed by atoms with E-state index < -0.39 is 12.1 Å². The minimum absolute atomic E-state index is 0.0634. The zero-order valence-corrected chi connectivity index (χ0v) is 22.2. The van der Waals surface area contributed by atoms with Crippen LogP contribution >= 0.6 is 23.2 Å².